The number of benzene rings is 1. The molecule has 1 aromatic carbocycles. The summed E-state index contributed by atoms with van der Waals surface area (Å²) in [5, 5.41) is 0. The molecule has 0 bridgehead atoms. The third-order valence-electron chi connectivity index (χ3n) is 3.73. The van der Waals surface area contributed by atoms with E-state index in [0.29, 0.717) is 13.0 Å². The minimum atomic E-state index is 0.267. The van der Waals surface area contributed by atoms with Crippen LogP contribution in [0.15, 0.2) is 36.8 Å². The van der Waals surface area contributed by atoms with E-state index in [9.17, 15) is 4.79 Å². The number of Topliss-reactive ketones (excluding diaryl/α,β-unsaturated/α-hetero) is 1. The molecule has 2 rings (SSSR count). The van der Waals surface area contributed by atoms with Crippen molar-refractivity contribution < 1.29 is 9.53 Å². The number of ether oxygens (including phenoxy) is 1. The van der Waals surface area contributed by atoms with Gasteiger partial charge in [-0.1, -0.05) is 25.5 Å². The Morgan fingerprint density at radius 1 is 1.23 bits per heavy atom. The molecule has 0 unspecified atom stereocenters. The van der Waals surface area contributed by atoms with Crippen molar-refractivity contribution in [2.75, 3.05) is 7.11 Å². The maximum absolute atomic E-state index is 12.1. The zero-order chi connectivity index (χ0) is 15.8. The van der Waals surface area contributed by atoms with Gasteiger partial charge in [0.2, 0.25) is 0 Å². The van der Waals surface area contributed by atoms with Gasteiger partial charge < -0.3 is 9.30 Å². The van der Waals surface area contributed by atoms with Crippen LogP contribution in [0, 0.1) is 0 Å². The molecule has 4 heteroatoms. The molecule has 0 radical (unpaired) electrons. The maximum atomic E-state index is 12.1. The van der Waals surface area contributed by atoms with Crippen LogP contribution >= 0.6 is 0 Å². The average molecular weight is 300 g/mol. The van der Waals surface area contributed by atoms with Gasteiger partial charge >= 0.3 is 0 Å². The van der Waals surface area contributed by atoms with E-state index in [-0.39, 0.29) is 5.78 Å². The molecule has 118 valence electrons. The zero-order valence-corrected chi connectivity index (χ0v) is 13.4. The van der Waals surface area contributed by atoms with E-state index in [0.717, 1.165) is 37.1 Å². The summed E-state index contributed by atoms with van der Waals surface area (Å²) >= 11 is 0. The normalized spacial score (nSPS) is 10.6. The lowest BCUT2D eigenvalue weighted by Crippen LogP contribution is -2.11. The second kappa shape index (κ2) is 8.37. The maximum Gasteiger partial charge on any atom is 0.152 e. The first-order valence-electron chi connectivity index (χ1n) is 7.86. The Morgan fingerprint density at radius 2 is 2.00 bits per heavy atom. The second-order valence-corrected chi connectivity index (χ2v) is 5.50. The number of carbonyl (C=O) groups is 1. The van der Waals surface area contributed by atoms with Crippen LogP contribution in [0.25, 0.3) is 0 Å². The van der Waals surface area contributed by atoms with Gasteiger partial charge in [0, 0.05) is 18.3 Å². The van der Waals surface area contributed by atoms with Crippen LogP contribution in [0.2, 0.25) is 0 Å². The summed E-state index contributed by atoms with van der Waals surface area (Å²) in [5.41, 5.74) is 2.38. The topological polar surface area (TPSA) is 44.1 Å². The van der Waals surface area contributed by atoms with Crippen molar-refractivity contribution in [2.45, 2.75) is 45.6 Å². The van der Waals surface area contributed by atoms with Gasteiger partial charge in [0.1, 0.15) is 5.75 Å². The molecule has 0 amide bonds. The van der Waals surface area contributed by atoms with E-state index in [2.05, 4.69) is 24.0 Å². The predicted octanol–water partition coefficient (Wildman–Crippen LogP) is 3.44. The van der Waals surface area contributed by atoms with Crippen molar-refractivity contribution in [1.29, 1.82) is 0 Å². The number of nitrogens with zero attached hydrogens (tertiary/aromatic N) is 2. The van der Waals surface area contributed by atoms with E-state index >= 15 is 0 Å². The monoisotopic (exact) mass is 300 g/mol. The lowest BCUT2D eigenvalue weighted by atomic mass is 10.1. The summed E-state index contributed by atoms with van der Waals surface area (Å²) in [7, 11) is 1.66. The molecule has 0 saturated heterocycles. The number of hydrogen-bond acceptors (Lipinski definition) is 3. The number of rotatable bonds is 9. The molecule has 0 aliphatic carbocycles. The molecule has 1 heterocycles. The van der Waals surface area contributed by atoms with Gasteiger partial charge in [0.25, 0.3) is 0 Å². The molecule has 0 spiro atoms. The Balaban J connectivity index is 1.76. The number of methoxy groups -OCH3 is 1. The lowest BCUT2D eigenvalue weighted by molar-refractivity contribution is -0.119. The molecule has 0 atom stereocenters. The van der Waals surface area contributed by atoms with Crippen molar-refractivity contribution in [3.63, 3.8) is 0 Å². The van der Waals surface area contributed by atoms with Crippen LogP contribution < -0.4 is 4.74 Å². The van der Waals surface area contributed by atoms with Crippen LogP contribution in [0.4, 0.5) is 0 Å². The third kappa shape index (κ3) is 4.72. The Hall–Kier alpha value is -2.10. The molecule has 2 aromatic rings. The minimum absolute atomic E-state index is 0.267. The van der Waals surface area contributed by atoms with Crippen molar-refractivity contribution in [3.8, 4) is 5.75 Å². The number of carbonyl (C=O) groups excluding carboxylic acids is 1. The summed E-state index contributed by atoms with van der Waals surface area (Å²) in [6.45, 7) is 2.58. The molecule has 0 saturated carbocycles. The van der Waals surface area contributed by atoms with E-state index < -0.39 is 0 Å². The fourth-order valence-electron chi connectivity index (χ4n) is 2.51. The molecule has 1 aromatic heterocycles. The van der Waals surface area contributed by atoms with Crippen LogP contribution in [-0.4, -0.2) is 22.4 Å². The summed E-state index contributed by atoms with van der Waals surface area (Å²) in [6.07, 6.45) is 8.05. The van der Waals surface area contributed by atoms with Gasteiger partial charge in [-0.05, 0) is 37.0 Å². The highest BCUT2D eigenvalue weighted by Gasteiger charge is 2.07. The van der Waals surface area contributed by atoms with Gasteiger partial charge in [-0.15, -0.1) is 0 Å². The number of aromatic nitrogens is 2. The summed E-state index contributed by atoms with van der Waals surface area (Å²) in [5.74, 6) is 1.13. The Bertz CT molecular complexity index is 587. The van der Waals surface area contributed by atoms with E-state index in [1.807, 2.05) is 22.9 Å². The number of aryl methyl sites for hydroxylation is 2. The highest BCUT2D eigenvalue weighted by molar-refractivity contribution is 5.78. The van der Waals surface area contributed by atoms with Crippen LogP contribution in [0.1, 0.15) is 37.4 Å². The SMILES string of the molecule is CCCc1cncn1CC(=O)CCCc1ccc(OC)cc1. The van der Waals surface area contributed by atoms with Gasteiger partial charge in [-0.3, -0.25) is 4.79 Å². The average Bonchev–Trinajstić information content (AvgIpc) is 2.95. The van der Waals surface area contributed by atoms with Gasteiger partial charge in [-0.25, -0.2) is 4.98 Å². The number of ketones is 1. The Kier molecular flexibility index (Phi) is 6.19. The minimum Gasteiger partial charge on any atom is -0.497 e. The third-order valence-corrected chi connectivity index (χ3v) is 3.73. The van der Waals surface area contributed by atoms with Crippen molar-refractivity contribution in [1.82, 2.24) is 9.55 Å². The molecule has 22 heavy (non-hydrogen) atoms. The quantitative estimate of drug-likeness (QED) is 0.712. The summed E-state index contributed by atoms with van der Waals surface area (Å²) in [6, 6.07) is 8.02. The van der Waals surface area contributed by atoms with Crippen LogP contribution in [0.3, 0.4) is 0 Å². The van der Waals surface area contributed by atoms with Gasteiger partial charge in [0.05, 0.1) is 20.0 Å². The standard InChI is InChI=1S/C18H24N2O2/c1-3-5-16-12-19-14-20(16)13-17(21)7-4-6-15-8-10-18(22-2)11-9-15/h8-12,14H,3-7,13H2,1-2H3. The molecule has 4 nitrogen and oxygen atoms in total. The van der Waals surface area contributed by atoms with E-state index in [1.165, 1.54) is 5.56 Å². The lowest BCUT2D eigenvalue weighted by Gasteiger charge is -2.07. The smallest absolute Gasteiger partial charge is 0.152 e. The fourth-order valence-corrected chi connectivity index (χ4v) is 2.51. The van der Waals surface area contributed by atoms with Crippen LogP contribution in [0.5, 0.6) is 5.75 Å². The second-order valence-electron chi connectivity index (χ2n) is 5.50. The largest absolute Gasteiger partial charge is 0.497 e. The summed E-state index contributed by atoms with van der Waals surface area (Å²) in [4.78, 5) is 16.2. The van der Waals surface area contributed by atoms with E-state index in [4.69, 9.17) is 4.74 Å². The highest BCUT2D eigenvalue weighted by atomic mass is 16.5. The molecular formula is C18H24N2O2. The zero-order valence-electron chi connectivity index (χ0n) is 13.4. The van der Waals surface area contributed by atoms with Gasteiger partial charge in [0.15, 0.2) is 5.78 Å². The predicted molar refractivity (Wildman–Crippen MR) is 87.2 cm³/mol. The summed E-state index contributed by atoms with van der Waals surface area (Å²) < 4.78 is 7.11. The highest BCUT2D eigenvalue weighted by Crippen LogP contribution is 2.13. The van der Waals surface area contributed by atoms with E-state index in [1.54, 1.807) is 13.4 Å². The Morgan fingerprint density at radius 3 is 2.68 bits per heavy atom. The van der Waals surface area contributed by atoms with Crippen molar-refractivity contribution in [2.24, 2.45) is 0 Å². The molecular weight excluding hydrogens is 276 g/mol. The first kappa shape index (κ1) is 16.3. The molecule has 0 aliphatic heterocycles. The first-order valence-corrected chi connectivity index (χ1v) is 7.86. The molecule has 0 fully saturated rings. The first-order chi connectivity index (χ1) is 10.7. The molecule has 0 aliphatic rings. The molecule has 0 N–H and O–H groups in total. The van der Waals surface area contributed by atoms with Crippen LogP contribution in [-0.2, 0) is 24.2 Å². The Labute approximate surface area is 132 Å². The number of imidazole rings is 1. The van der Waals surface area contributed by atoms with Crippen molar-refractivity contribution >= 4 is 5.78 Å². The number of hydrogen-bond donors (Lipinski definition) is 0. The van der Waals surface area contributed by atoms with Gasteiger partial charge in [-0.2, -0.15) is 0 Å². The fraction of sp³-hybridized carbons (Fsp3) is 0.444. The van der Waals surface area contributed by atoms with Crippen molar-refractivity contribution in [3.05, 3.63) is 48.0 Å².